The minimum absolute atomic E-state index is 0.00331. The Labute approximate surface area is 147 Å². The van der Waals surface area contributed by atoms with Crippen LogP contribution in [0, 0.1) is 11.7 Å². The Hall–Kier alpha value is -2.20. The second-order valence-corrected chi connectivity index (χ2v) is 7.34. The molecule has 0 unspecified atom stereocenters. The smallest absolute Gasteiger partial charge is 0.264 e. The van der Waals surface area contributed by atoms with Crippen LogP contribution in [-0.4, -0.2) is 12.0 Å². The number of carbonyl (C=O) groups is 1. The van der Waals surface area contributed by atoms with E-state index < -0.39 is 5.60 Å². The third kappa shape index (κ3) is 2.65. The summed E-state index contributed by atoms with van der Waals surface area (Å²) < 4.78 is 19.5. The number of rotatable bonds is 2. The lowest BCUT2D eigenvalue weighted by molar-refractivity contribution is -0.167. The Balaban J connectivity index is 1.75. The lowest BCUT2D eigenvalue weighted by Crippen LogP contribution is -2.48. The Morgan fingerprint density at radius 1 is 1.16 bits per heavy atom. The molecule has 130 valence electrons. The van der Waals surface area contributed by atoms with E-state index in [9.17, 15) is 9.18 Å². The van der Waals surface area contributed by atoms with E-state index in [4.69, 9.17) is 4.74 Å². The molecule has 2 aromatic rings. The van der Waals surface area contributed by atoms with Gasteiger partial charge in [-0.25, -0.2) is 4.39 Å². The van der Waals surface area contributed by atoms with Crippen LogP contribution in [0.25, 0.3) is 0 Å². The first-order chi connectivity index (χ1) is 12.0. The van der Waals surface area contributed by atoms with Gasteiger partial charge in [0.1, 0.15) is 5.82 Å². The fraction of sp³-hybridized carbons (Fsp3) is 0.381. The number of amides is 1. The van der Waals surface area contributed by atoms with Gasteiger partial charge in [-0.3, -0.25) is 4.79 Å². The van der Waals surface area contributed by atoms with Gasteiger partial charge >= 0.3 is 0 Å². The topological polar surface area (TPSA) is 29.5 Å². The second-order valence-electron chi connectivity index (χ2n) is 7.34. The molecular formula is C21H22FNO2. The van der Waals surface area contributed by atoms with Gasteiger partial charge in [-0.05, 0) is 49.4 Å². The van der Waals surface area contributed by atoms with Crippen LogP contribution in [0.2, 0.25) is 0 Å². The Morgan fingerprint density at radius 3 is 2.60 bits per heavy atom. The molecular weight excluding hydrogens is 317 g/mol. The number of hydrogen-bond donors (Lipinski definition) is 0. The van der Waals surface area contributed by atoms with Crippen LogP contribution in [0.1, 0.15) is 37.8 Å². The number of nitrogens with zero attached hydrogens (tertiary/aromatic N) is 1. The van der Waals surface area contributed by atoms with E-state index in [1.165, 1.54) is 12.1 Å². The zero-order valence-electron chi connectivity index (χ0n) is 14.5. The third-order valence-electron chi connectivity index (χ3n) is 5.25. The standard InChI is InChI=1S/C21H22FNO2/c1-14-11-15(2)25-21(12-14)18-5-3-4-6-19(18)23(20(21)24)13-16-7-9-17(22)10-8-16/h3-10,14-15H,11-13H2,1-2H3/t14-,15+,21+/m0/s1. The average molecular weight is 339 g/mol. The first-order valence-electron chi connectivity index (χ1n) is 8.83. The van der Waals surface area contributed by atoms with Gasteiger partial charge in [0, 0.05) is 5.56 Å². The van der Waals surface area contributed by atoms with Crippen LogP contribution in [-0.2, 0) is 21.7 Å². The van der Waals surface area contributed by atoms with Crippen molar-refractivity contribution < 1.29 is 13.9 Å². The van der Waals surface area contributed by atoms with Crippen molar-refractivity contribution in [2.24, 2.45) is 5.92 Å². The lowest BCUT2D eigenvalue weighted by atomic mass is 9.81. The molecule has 1 spiro atoms. The molecule has 0 radical (unpaired) electrons. The summed E-state index contributed by atoms with van der Waals surface area (Å²) in [6, 6.07) is 14.2. The molecule has 2 aromatic carbocycles. The van der Waals surface area contributed by atoms with E-state index in [-0.39, 0.29) is 17.8 Å². The van der Waals surface area contributed by atoms with Crippen LogP contribution in [0.3, 0.4) is 0 Å². The highest BCUT2D eigenvalue weighted by molar-refractivity contribution is 6.07. The predicted octanol–water partition coefficient (Wildman–Crippen LogP) is 4.40. The molecule has 2 heterocycles. The van der Waals surface area contributed by atoms with E-state index in [0.29, 0.717) is 18.9 Å². The molecule has 3 nitrogen and oxygen atoms in total. The first-order valence-corrected chi connectivity index (χ1v) is 8.83. The molecule has 0 N–H and O–H groups in total. The number of halogens is 1. The summed E-state index contributed by atoms with van der Waals surface area (Å²) in [5.41, 5.74) is 1.88. The van der Waals surface area contributed by atoms with Crippen molar-refractivity contribution >= 4 is 11.6 Å². The molecule has 4 heteroatoms. The van der Waals surface area contributed by atoms with Gasteiger partial charge in [-0.15, -0.1) is 0 Å². The molecule has 0 bridgehead atoms. The summed E-state index contributed by atoms with van der Waals surface area (Å²) >= 11 is 0. The van der Waals surface area contributed by atoms with Crippen LogP contribution in [0.4, 0.5) is 10.1 Å². The highest BCUT2D eigenvalue weighted by Crippen LogP contribution is 2.50. The quantitative estimate of drug-likeness (QED) is 0.811. The van der Waals surface area contributed by atoms with Gasteiger partial charge < -0.3 is 9.64 Å². The van der Waals surface area contributed by atoms with Crippen molar-refractivity contribution in [2.75, 3.05) is 4.90 Å². The monoisotopic (exact) mass is 339 g/mol. The first kappa shape index (κ1) is 16.3. The summed E-state index contributed by atoms with van der Waals surface area (Å²) in [7, 11) is 0. The molecule has 1 amide bonds. The zero-order valence-corrected chi connectivity index (χ0v) is 14.5. The van der Waals surface area contributed by atoms with E-state index in [2.05, 4.69) is 6.92 Å². The number of anilines is 1. The summed E-state index contributed by atoms with van der Waals surface area (Å²) in [6.07, 6.45) is 1.72. The zero-order chi connectivity index (χ0) is 17.6. The third-order valence-corrected chi connectivity index (χ3v) is 5.25. The summed E-state index contributed by atoms with van der Waals surface area (Å²) in [4.78, 5) is 15.2. The maximum atomic E-state index is 13.4. The predicted molar refractivity (Wildman–Crippen MR) is 94.7 cm³/mol. The molecule has 0 saturated carbocycles. The molecule has 2 aliphatic heterocycles. The number of ether oxygens (including phenoxy) is 1. The Bertz CT molecular complexity index is 792. The molecule has 2 aliphatic rings. The summed E-state index contributed by atoms with van der Waals surface area (Å²) in [5, 5.41) is 0. The highest BCUT2D eigenvalue weighted by Gasteiger charge is 2.54. The van der Waals surface area contributed by atoms with E-state index >= 15 is 0 Å². The molecule has 25 heavy (non-hydrogen) atoms. The van der Waals surface area contributed by atoms with Crippen LogP contribution >= 0.6 is 0 Å². The van der Waals surface area contributed by atoms with Crippen molar-refractivity contribution in [3.8, 4) is 0 Å². The minimum atomic E-state index is -0.881. The van der Waals surface area contributed by atoms with Crippen molar-refractivity contribution in [3.05, 3.63) is 65.5 Å². The van der Waals surface area contributed by atoms with Crippen LogP contribution in [0.5, 0.6) is 0 Å². The Kier molecular flexibility index (Phi) is 3.88. The molecule has 1 saturated heterocycles. The van der Waals surface area contributed by atoms with Crippen molar-refractivity contribution in [1.82, 2.24) is 0 Å². The number of fused-ring (bicyclic) bond motifs is 2. The van der Waals surface area contributed by atoms with Crippen LogP contribution < -0.4 is 4.90 Å². The lowest BCUT2D eigenvalue weighted by Gasteiger charge is -2.39. The molecule has 0 aliphatic carbocycles. The number of para-hydroxylation sites is 1. The van der Waals surface area contributed by atoms with E-state index in [0.717, 1.165) is 23.2 Å². The van der Waals surface area contributed by atoms with Gasteiger partial charge in [0.15, 0.2) is 5.60 Å². The minimum Gasteiger partial charge on any atom is -0.357 e. The molecule has 1 fully saturated rings. The fourth-order valence-corrected chi connectivity index (χ4v) is 4.31. The largest absolute Gasteiger partial charge is 0.357 e. The van der Waals surface area contributed by atoms with Crippen molar-refractivity contribution in [3.63, 3.8) is 0 Å². The number of carbonyl (C=O) groups excluding carboxylic acids is 1. The average Bonchev–Trinajstić information content (AvgIpc) is 2.79. The maximum Gasteiger partial charge on any atom is 0.264 e. The normalized spacial score (nSPS) is 28.4. The number of hydrogen-bond acceptors (Lipinski definition) is 2. The van der Waals surface area contributed by atoms with Crippen LogP contribution in [0.15, 0.2) is 48.5 Å². The van der Waals surface area contributed by atoms with E-state index in [1.807, 2.05) is 31.2 Å². The number of benzene rings is 2. The summed E-state index contributed by atoms with van der Waals surface area (Å²) in [5.74, 6) is 0.148. The summed E-state index contributed by atoms with van der Waals surface area (Å²) in [6.45, 7) is 4.64. The molecule has 0 aromatic heterocycles. The van der Waals surface area contributed by atoms with Crippen molar-refractivity contribution in [1.29, 1.82) is 0 Å². The van der Waals surface area contributed by atoms with Gasteiger partial charge in [0.05, 0.1) is 18.3 Å². The van der Waals surface area contributed by atoms with Gasteiger partial charge in [0.2, 0.25) is 0 Å². The highest BCUT2D eigenvalue weighted by atomic mass is 19.1. The van der Waals surface area contributed by atoms with E-state index in [1.54, 1.807) is 17.0 Å². The fourth-order valence-electron chi connectivity index (χ4n) is 4.31. The van der Waals surface area contributed by atoms with Gasteiger partial charge in [-0.2, -0.15) is 0 Å². The SMILES string of the molecule is C[C@H]1C[C@@H](C)O[C@@]2(C1)C(=O)N(Cc1ccc(F)cc1)c1ccccc12. The Morgan fingerprint density at radius 2 is 1.88 bits per heavy atom. The molecule has 3 atom stereocenters. The van der Waals surface area contributed by atoms with Gasteiger partial charge in [0.25, 0.3) is 5.91 Å². The molecule has 4 rings (SSSR count). The second kappa shape index (κ2) is 5.95. The van der Waals surface area contributed by atoms with Crippen molar-refractivity contribution in [2.45, 2.75) is 44.9 Å². The maximum absolute atomic E-state index is 13.4. The van der Waals surface area contributed by atoms with Gasteiger partial charge in [-0.1, -0.05) is 37.3 Å².